The van der Waals surface area contributed by atoms with Crippen LogP contribution >= 0.6 is 23.2 Å². The standard InChI is InChI=1S/C16H15ClN4O3.C10H6ClNO2.C6H9N3O2/c1-23-13-7-14(24-2)21-16(20-13)18-8-10-5-9-6-11(17)3-4-12(9)19-15(10)22;11-8-1-2-9-6(4-8)3-7(5-13)10(14)12-9;1-10-4-3-5(11-2)9-6(7)8-4/h3-7H,8H2,1-2H3,(H,19,22)(H,18,20,21);1-5H,(H,12,14);3H,1-2H3,(H2,7,8,9). The number of nitrogen functional groups attached to an aromatic ring is 1. The first-order valence-electron chi connectivity index (χ1n) is 14.1. The molecule has 49 heavy (non-hydrogen) atoms. The minimum atomic E-state index is -0.380. The fraction of sp³-hybridized carbons (Fsp3) is 0.156. The molecule has 2 aromatic carbocycles. The molecule has 0 spiro atoms. The van der Waals surface area contributed by atoms with Gasteiger partial charge in [0.05, 0.1) is 46.1 Å². The van der Waals surface area contributed by atoms with E-state index in [9.17, 15) is 14.4 Å². The number of nitrogens with zero attached hydrogens (tertiary/aromatic N) is 4. The molecule has 6 aromatic rings. The lowest BCUT2D eigenvalue weighted by atomic mass is 10.1. The van der Waals surface area contributed by atoms with E-state index in [2.05, 4.69) is 35.2 Å². The maximum atomic E-state index is 12.2. The second-order valence-corrected chi connectivity index (χ2v) is 10.6. The van der Waals surface area contributed by atoms with Crippen LogP contribution in [0.1, 0.15) is 15.9 Å². The van der Waals surface area contributed by atoms with Gasteiger partial charge in [-0.2, -0.15) is 19.9 Å². The van der Waals surface area contributed by atoms with Gasteiger partial charge < -0.3 is 40.0 Å². The minimum absolute atomic E-state index is 0.111. The number of anilines is 2. The Morgan fingerprint density at radius 3 is 1.65 bits per heavy atom. The molecule has 4 heterocycles. The Labute approximate surface area is 288 Å². The van der Waals surface area contributed by atoms with Crippen LogP contribution in [0.3, 0.4) is 0 Å². The van der Waals surface area contributed by atoms with E-state index in [1.807, 2.05) is 0 Å². The van der Waals surface area contributed by atoms with Gasteiger partial charge in [-0.1, -0.05) is 23.2 Å². The Bertz CT molecular complexity index is 2170. The Morgan fingerprint density at radius 2 is 1.16 bits per heavy atom. The van der Waals surface area contributed by atoms with Gasteiger partial charge in [0, 0.05) is 44.0 Å². The number of aromatic amines is 2. The van der Waals surface area contributed by atoms with Crippen LogP contribution in [0.5, 0.6) is 23.5 Å². The van der Waals surface area contributed by atoms with Crippen LogP contribution < -0.4 is 41.1 Å². The average Bonchev–Trinajstić information content (AvgIpc) is 3.10. The fourth-order valence-corrected chi connectivity index (χ4v) is 4.49. The van der Waals surface area contributed by atoms with Gasteiger partial charge in [-0.05, 0) is 48.5 Å². The van der Waals surface area contributed by atoms with Crippen LogP contribution in [0.25, 0.3) is 21.8 Å². The number of methoxy groups -OCH3 is 4. The first-order valence-corrected chi connectivity index (χ1v) is 14.8. The third kappa shape index (κ3) is 9.79. The lowest BCUT2D eigenvalue weighted by molar-refractivity contribution is 0.112. The zero-order chi connectivity index (χ0) is 35.5. The molecule has 0 bridgehead atoms. The minimum Gasteiger partial charge on any atom is -0.481 e. The number of hydrogen-bond donors (Lipinski definition) is 4. The van der Waals surface area contributed by atoms with Crippen molar-refractivity contribution >= 4 is 63.2 Å². The maximum Gasteiger partial charge on any atom is 0.259 e. The monoisotopic (exact) mass is 708 g/mol. The second kappa shape index (κ2) is 16.8. The summed E-state index contributed by atoms with van der Waals surface area (Å²) in [4.78, 5) is 55.2. The number of H-pyrrole nitrogens is 2. The number of nitrogens with one attached hydrogen (secondary N) is 3. The summed E-state index contributed by atoms with van der Waals surface area (Å²) in [6.07, 6.45) is 0.527. The van der Waals surface area contributed by atoms with Crippen LogP contribution in [0, 0.1) is 0 Å². The Morgan fingerprint density at radius 1 is 0.694 bits per heavy atom. The highest BCUT2D eigenvalue weighted by Gasteiger charge is 2.08. The van der Waals surface area contributed by atoms with Crippen molar-refractivity contribution in [3.05, 3.63) is 103 Å². The lowest BCUT2D eigenvalue weighted by Crippen LogP contribution is -2.16. The summed E-state index contributed by atoms with van der Waals surface area (Å²) in [7, 11) is 6.01. The normalized spacial score (nSPS) is 10.2. The fourth-order valence-electron chi connectivity index (χ4n) is 4.13. The summed E-state index contributed by atoms with van der Waals surface area (Å²) in [5.41, 5.74) is 6.81. The van der Waals surface area contributed by atoms with E-state index in [-0.39, 0.29) is 29.2 Å². The maximum absolute atomic E-state index is 12.2. The molecule has 0 fully saturated rings. The van der Waals surface area contributed by atoms with Crippen LogP contribution in [-0.4, -0.2) is 64.6 Å². The first-order chi connectivity index (χ1) is 23.5. The van der Waals surface area contributed by atoms with E-state index < -0.39 is 0 Å². The van der Waals surface area contributed by atoms with Crippen LogP contribution in [-0.2, 0) is 6.54 Å². The molecule has 17 heteroatoms. The highest BCUT2D eigenvalue weighted by Crippen LogP contribution is 2.20. The zero-order valence-corrected chi connectivity index (χ0v) is 28.0. The second-order valence-electron chi connectivity index (χ2n) is 9.70. The van der Waals surface area contributed by atoms with Crippen LogP contribution in [0.4, 0.5) is 11.9 Å². The van der Waals surface area contributed by atoms with E-state index in [0.717, 1.165) is 16.3 Å². The predicted molar refractivity (Wildman–Crippen MR) is 187 cm³/mol. The van der Waals surface area contributed by atoms with Crippen molar-refractivity contribution in [1.82, 2.24) is 29.9 Å². The van der Waals surface area contributed by atoms with Crippen molar-refractivity contribution in [1.29, 1.82) is 0 Å². The molecular weight excluding hydrogens is 679 g/mol. The van der Waals surface area contributed by atoms with Gasteiger partial charge in [-0.3, -0.25) is 14.4 Å². The number of fused-ring (bicyclic) bond motifs is 2. The third-order valence-corrected chi connectivity index (χ3v) is 6.96. The number of hydrogen-bond acceptors (Lipinski definition) is 13. The number of carbonyl (C=O) groups is 1. The largest absolute Gasteiger partial charge is 0.481 e. The molecule has 0 aliphatic rings. The summed E-state index contributed by atoms with van der Waals surface area (Å²) in [6.45, 7) is 0.244. The van der Waals surface area contributed by atoms with Crippen molar-refractivity contribution in [3.8, 4) is 23.5 Å². The van der Waals surface area contributed by atoms with E-state index in [4.69, 9.17) is 47.9 Å². The van der Waals surface area contributed by atoms with Gasteiger partial charge in [0.25, 0.3) is 11.1 Å². The van der Waals surface area contributed by atoms with Gasteiger partial charge in [0.1, 0.15) is 0 Å². The van der Waals surface area contributed by atoms with Crippen molar-refractivity contribution in [3.63, 3.8) is 0 Å². The molecule has 0 saturated carbocycles. The van der Waals surface area contributed by atoms with Gasteiger partial charge in [0.2, 0.25) is 35.4 Å². The van der Waals surface area contributed by atoms with E-state index in [0.29, 0.717) is 56.9 Å². The summed E-state index contributed by atoms with van der Waals surface area (Å²) >= 11 is 11.8. The molecule has 0 atom stereocenters. The third-order valence-electron chi connectivity index (χ3n) is 6.49. The molecule has 15 nitrogen and oxygen atoms in total. The number of benzene rings is 2. The van der Waals surface area contributed by atoms with Crippen molar-refractivity contribution < 1.29 is 23.7 Å². The highest BCUT2D eigenvalue weighted by atomic mass is 35.5. The molecular formula is C32H30Cl2N8O7. The number of aromatic nitrogens is 6. The molecule has 0 aliphatic heterocycles. The molecule has 0 unspecified atom stereocenters. The summed E-state index contributed by atoms with van der Waals surface area (Å²) in [5, 5.41) is 5.77. The zero-order valence-electron chi connectivity index (χ0n) is 26.5. The molecule has 6 rings (SSSR count). The van der Waals surface area contributed by atoms with Crippen molar-refractivity contribution in [2.24, 2.45) is 0 Å². The molecule has 0 saturated heterocycles. The number of rotatable bonds is 8. The van der Waals surface area contributed by atoms with Gasteiger partial charge in [-0.25, -0.2) is 0 Å². The molecule has 0 radical (unpaired) electrons. The van der Waals surface area contributed by atoms with Crippen LogP contribution in [0.15, 0.2) is 70.3 Å². The average molecular weight is 710 g/mol. The van der Waals surface area contributed by atoms with E-state index in [1.54, 1.807) is 54.6 Å². The number of aldehydes is 1. The van der Waals surface area contributed by atoms with Gasteiger partial charge >= 0.3 is 0 Å². The van der Waals surface area contributed by atoms with Crippen LogP contribution in [0.2, 0.25) is 10.0 Å². The Balaban J connectivity index is 0.000000183. The van der Waals surface area contributed by atoms with Gasteiger partial charge in [-0.15, -0.1) is 0 Å². The van der Waals surface area contributed by atoms with E-state index >= 15 is 0 Å². The smallest absolute Gasteiger partial charge is 0.259 e. The number of pyridine rings is 2. The summed E-state index contributed by atoms with van der Waals surface area (Å²) < 4.78 is 19.8. The lowest BCUT2D eigenvalue weighted by Gasteiger charge is -2.09. The highest BCUT2D eigenvalue weighted by molar-refractivity contribution is 6.31. The molecule has 5 N–H and O–H groups in total. The SMILES string of the molecule is COc1cc(OC)nc(N)n1.COc1cc(OC)nc(NCc2cc3cc(Cl)ccc3[nH]c2=O)n1.O=Cc1cc2cc(Cl)ccc2[nH]c1=O. The number of ether oxygens (including phenoxy) is 4. The Hall–Kier alpha value is -5.93. The first kappa shape index (κ1) is 35.9. The van der Waals surface area contributed by atoms with E-state index in [1.165, 1.54) is 34.5 Å². The molecule has 0 aliphatic carbocycles. The number of nitrogens with two attached hydrogens (primary N) is 1. The molecule has 0 amide bonds. The topological polar surface area (TPSA) is 209 Å². The summed E-state index contributed by atoms with van der Waals surface area (Å²) in [6, 6.07) is 16.8. The predicted octanol–water partition coefficient (Wildman–Crippen LogP) is 4.67. The molecule has 254 valence electrons. The quantitative estimate of drug-likeness (QED) is 0.159. The Kier molecular flexibility index (Phi) is 12.3. The van der Waals surface area contributed by atoms with Gasteiger partial charge in [0.15, 0.2) is 6.29 Å². The number of halogens is 2. The van der Waals surface area contributed by atoms with Crippen molar-refractivity contribution in [2.45, 2.75) is 6.54 Å². The number of carbonyl (C=O) groups excluding carboxylic acids is 1. The summed E-state index contributed by atoms with van der Waals surface area (Å²) in [5.74, 6) is 1.97. The molecule has 4 aromatic heterocycles. The van der Waals surface area contributed by atoms with Crippen molar-refractivity contribution in [2.75, 3.05) is 39.5 Å².